The van der Waals surface area contributed by atoms with Crippen LogP contribution in [0.15, 0.2) is 34.8 Å². The number of hydrogen-bond donors (Lipinski definition) is 1. The van der Waals surface area contributed by atoms with E-state index in [4.69, 9.17) is 11.6 Å². The second-order valence-corrected chi connectivity index (χ2v) is 6.67. The van der Waals surface area contributed by atoms with E-state index in [1.165, 1.54) is 4.88 Å². The van der Waals surface area contributed by atoms with E-state index in [-0.39, 0.29) is 5.91 Å². The van der Waals surface area contributed by atoms with Crippen LogP contribution in [0.2, 0.25) is 5.02 Å². The molecule has 2 aromatic rings. The number of aryl methyl sites for hydroxylation is 1. The Balaban J connectivity index is 2.00. The summed E-state index contributed by atoms with van der Waals surface area (Å²) >= 11 is 11.0. The number of carbonyl (C=O) groups excluding carboxylic acids is 1. The summed E-state index contributed by atoms with van der Waals surface area (Å²) in [7, 11) is 0. The number of benzene rings is 1. The fourth-order valence-electron chi connectivity index (χ4n) is 1.66. The number of hydrogen-bond acceptors (Lipinski definition) is 2. The molecule has 0 unspecified atom stereocenters. The molecule has 100 valence electrons. The Morgan fingerprint density at radius 1 is 1.32 bits per heavy atom. The third-order valence-corrected chi connectivity index (χ3v) is 4.52. The predicted octanol–water partition coefficient (Wildman–Crippen LogP) is 4.66. The van der Waals surface area contributed by atoms with Crippen molar-refractivity contribution in [2.75, 3.05) is 0 Å². The molecule has 1 heterocycles. The van der Waals surface area contributed by atoms with Crippen molar-refractivity contribution in [1.29, 1.82) is 0 Å². The molecule has 5 heteroatoms. The molecule has 0 aliphatic heterocycles. The third-order valence-electron chi connectivity index (χ3n) is 2.61. The van der Waals surface area contributed by atoms with Gasteiger partial charge in [-0.1, -0.05) is 34.5 Å². The maximum absolute atomic E-state index is 12.0. The lowest BCUT2D eigenvalue weighted by Crippen LogP contribution is -2.22. The summed E-state index contributed by atoms with van der Waals surface area (Å²) in [4.78, 5) is 14.5. The molecular formula is C14H13BrClNOS. The lowest BCUT2D eigenvalue weighted by atomic mass is 10.2. The topological polar surface area (TPSA) is 29.1 Å². The Bertz CT molecular complexity index is 577. The molecule has 0 spiro atoms. The molecule has 2 rings (SSSR count). The number of thiophene rings is 1. The summed E-state index contributed by atoms with van der Waals surface area (Å²) in [5.41, 5.74) is 0.562. The second kappa shape index (κ2) is 6.55. The highest BCUT2D eigenvalue weighted by Crippen LogP contribution is 2.20. The second-order valence-electron chi connectivity index (χ2n) is 4.06. The van der Waals surface area contributed by atoms with E-state index in [0.29, 0.717) is 17.1 Å². The molecular weight excluding hydrogens is 346 g/mol. The molecule has 0 fully saturated rings. The zero-order chi connectivity index (χ0) is 13.8. The molecule has 0 aliphatic rings. The summed E-state index contributed by atoms with van der Waals surface area (Å²) in [6.45, 7) is 2.67. The van der Waals surface area contributed by atoms with E-state index in [9.17, 15) is 4.79 Å². The van der Waals surface area contributed by atoms with Crippen LogP contribution < -0.4 is 5.32 Å². The first-order valence-corrected chi connectivity index (χ1v) is 7.89. The van der Waals surface area contributed by atoms with Gasteiger partial charge in [-0.05, 0) is 36.8 Å². The summed E-state index contributed by atoms with van der Waals surface area (Å²) in [6.07, 6.45) is 1.03. The average molecular weight is 359 g/mol. The first-order valence-electron chi connectivity index (χ1n) is 5.90. The minimum absolute atomic E-state index is 0.116. The molecule has 0 bridgehead atoms. The van der Waals surface area contributed by atoms with E-state index < -0.39 is 0 Å². The predicted molar refractivity (Wildman–Crippen MR) is 84.0 cm³/mol. The lowest BCUT2D eigenvalue weighted by Gasteiger charge is -2.05. The highest BCUT2D eigenvalue weighted by atomic mass is 79.9. The SMILES string of the molecule is CCc1ccc(CNC(=O)c2cc(Cl)cc(Br)c2)s1. The molecule has 1 aromatic carbocycles. The van der Waals surface area contributed by atoms with Crippen LogP contribution in [-0.2, 0) is 13.0 Å². The molecule has 0 saturated carbocycles. The van der Waals surface area contributed by atoms with Gasteiger partial charge >= 0.3 is 0 Å². The smallest absolute Gasteiger partial charge is 0.251 e. The van der Waals surface area contributed by atoms with Crippen LogP contribution >= 0.6 is 38.9 Å². The van der Waals surface area contributed by atoms with Crippen LogP contribution in [0.5, 0.6) is 0 Å². The number of rotatable bonds is 4. The van der Waals surface area contributed by atoms with Crippen molar-refractivity contribution in [1.82, 2.24) is 5.32 Å². The van der Waals surface area contributed by atoms with Gasteiger partial charge in [-0.3, -0.25) is 4.79 Å². The van der Waals surface area contributed by atoms with Crippen LogP contribution in [0.4, 0.5) is 0 Å². The van der Waals surface area contributed by atoms with Crippen LogP contribution in [0.25, 0.3) is 0 Å². The molecule has 0 atom stereocenters. The molecule has 2 nitrogen and oxygen atoms in total. The van der Waals surface area contributed by atoms with Crippen molar-refractivity contribution in [3.05, 3.63) is 55.1 Å². The Labute approximate surface area is 129 Å². The van der Waals surface area contributed by atoms with Crippen LogP contribution in [0.1, 0.15) is 27.0 Å². The van der Waals surface area contributed by atoms with Gasteiger partial charge in [0.2, 0.25) is 0 Å². The third kappa shape index (κ3) is 4.06. The fraction of sp³-hybridized carbons (Fsp3) is 0.214. The van der Waals surface area contributed by atoms with Gasteiger partial charge in [-0.15, -0.1) is 11.3 Å². The standard InChI is InChI=1S/C14H13BrClNOS/c1-2-12-3-4-13(19-12)8-17-14(18)9-5-10(15)7-11(16)6-9/h3-7H,2,8H2,1H3,(H,17,18). The average Bonchev–Trinajstić information content (AvgIpc) is 2.82. The maximum atomic E-state index is 12.0. The first kappa shape index (κ1) is 14.6. The summed E-state index contributed by atoms with van der Waals surface area (Å²) in [6, 6.07) is 9.32. The van der Waals surface area contributed by atoms with Crippen molar-refractivity contribution in [3.8, 4) is 0 Å². The minimum atomic E-state index is -0.116. The quantitative estimate of drug-likeness (QED) is 0.846. The van der Waals surface area contributed by atoms with Gasteiger partial charge in [0.1, 0.15) is 0 Å². The molecule has 1 N–H and O–H groups in total. The molecule has 1 aromatic heterocycles. The van der Waals surface area contributed by atoms with E-state index in [1.807, 2.05) is 0 Å². The molecule has 0 saturated heterocycles. The van der Waals surface area contributed by atoms with Gasteiger partial charge in [0, 0.05) is 24.8 Å². The van der Waals surface area contributed by atoms with Gasteiger partial charge in [-0.2, -0.15) is 0 Å². The normalized spacial score (nSPS) is 10.5. The Hall–Kier alpha value is -0.840. The minimum Gasteiger partial charge on any atom is -0.347 e. The highest BCUT2D eigenvalue weighted by molar-refractivity contribution is 9.10. The highest BCUT2D eigenvalue weighted by Gasteiger charge is 2.08. The Kier molecular flexibility index (Phi) is 5.02. The van der Waals surface area contributed by atoms with Crippen molar-refractivity contribution >= 4 is 44.8 Å². The van der Waals surface area contributed by atoms with Crippen molar-refractivity contribution in [2.24, 2.45) is 0 Å². The van der Waals surface area contributed by atoms with Crippen molar-refractivity contribution in [2.45, 2.75) is 19.9 Å². The van der Waals surface area contributed by atoms with Gasteiger partial charge in [0.05, 0.1) is 6.54 Å². The Morgan fingerprint density at radius 3 is 2.68 bits per heavy atom. The van der Waals surface area contributed by atoms with Gasteiger partial charge in [-0.25, -0.2) is 0 Å². The molecule has 0 radical (unpaired) electrons. The largest absolute Gasteiger partial charge is 0.347 e. The monoisotopic (exact) mass is 357 g/mol. The van der Waals surface area contributed by atoms with Crippen LogP contribution in [-0.4, -0.2) is 5.91 Å². The lowest BCUT2D eigenvalue weighted by molar-refractivity contribution is 0.0951. The fourth-order valence-corrected chi connectivity index (χ4v) is 3.42. The van der Waals surface area contributed by atoms with Crippen molar-refractivity contribution < 1.29 is 4.79 Å². The number of halogens is 2. The van der Waals surface area contributed by atoms with Gasteiger partial charge in [0.25, 0.3) is 5.91 Å². The van der Waals surface area contributed by atoms with Crippen molar-refractivity contribution in [3.63, 3.8) is 0 Å². The molecule has 19 heavy (non-hydrogen) atoms. The first-order chi connectivity index (χ1) is 9.08. The van der Waals surface area contributed by atoms with Gasteiger partial charge in [0.15, 0.2) is 0 Å². The molecule has 0 aliphatic carbocycles. The number of nitrogens with one attached hydrogen (secondary N) is 1. The van der Waals surface area contributed by atoms with E-state index in [2.05, 4.69) is 40.3 Å². The van der Waals surface area contributed by atoms with E-state index >= 15 is 0 Å². The zero-order valence-electron chi connectivity index (χ0n) is 10.4. The maximum Gasteiger partial charge on any atom is 0.251 e. The van der Waals surface area contributed by atoms with Crippen LogP contribution in [0, 0.1) is 0 Å². The number of amides is 1. The summed E-state index contributed by atoms with van der Waals surface area (Å²) in [5.74, 6) is -0.116. The summed E-state index contributed by atoms with van der Waals surface area (Å²) < 4.78 is 0.801. The Morgan fingerprint density at radius 2 is 2.05 bits per heavy atom. The van der Waals surface area contributed by atoms with Gasteiger partial charge < -0.3 is 5.32 Å². The summed E-state index contributed by atoms with van der Waals surface area (Å²) in [5, 5.41) is 3.44. The van der Waals surface area contributed by atoms with E-state index in [1.54, 1.807) is 29.5 Å². The zero-order valence-corrected chi connectivity index (χ0v) is 13.5. The molecule has 1 amide bonds. The number of carbonyl (C=O) groups is 1. The van der Waals surface area contributed by atoms with E-state index in [0.717, 1.165) is 15.8 Å². The van der Waals surface area contributed by atoms with Crippen LogP contribution in [0.3, 0.4) is 0 Å².